The minimum Gasteiger partial charge on any atom is -0.322 e. The molecule has 20 heavy (non-hydrogen) atoms. The van der Waals surface area contributed by atoms with Gasteiger partial charge in [-0.3, -0.25) is 4.79 Å². The Kier molecular flexibility index (Phi) is 4.42. The van der Waals surface area contributed by atoms with Gasteiger partial charge in [-0.05, 0) is 24.3 Å². The summed E-state index contributed by atoms with van der Waals surface area (Å²) in [6.45, 7) is -0.225. The first-order valence-electron chi connectivity index (χ1n) is 6.11. The Balaban J connectivity index is 2.34. The molecule has 0 atom stereocenters. The maximum absolute atomic E-state index is 13.7. The number of carbonyl (C=O) groups is 1. The summed E-state index contributed by atoms with van der Waals surface area (Å²) >= 11 is 0. The van der Waals surface area contributed by atoms with Crippen LogP contribution in [-0.2, 0) is 11.3 Å². The molecular weight excluding hydrogens is 262 g/mol. The van der Waals surface area contributed by atoms with Gasteiger partial charge in [-0.25, -0.2) is 8.78 Å². The van der Waals surface area contributed by atoms with Crippen LogP contribution in [0.25, 0.3) is 0 Å². The minimum atomic E-state index is -0.467. The van der Waals surface area contributed by atoms with Gasteiger partial charge in [0, 0.05) is 11.3 Å². The molecule has 0 bridgehead atoms. The van der Waals surface area contributed by atoms with Crippen molar-refractivity contribution in [1.82, 2.24) is 0 Å². The van der Waals surface area contributed by atoms with E-state index in [1.54, 1.807) is 24.3 Å². The molecule has 0 saturated heterocycles. The summed E-state index contributed by atoms with van der Waals surface area (Å²) in [5, 5.41) is 0. The first-order chi connectivity index (χ1) is 9.61. The Labute approximate surface area is 115 Å². The monoisotopic (exact) mass is 276 g/mol. The van der Waals surface area contributed by atoms with Gasteiger partial charge in [0.1, 0.15) is 11.6 Å². The van der Waals surface area contributed by atoms with Crippen LogP contribution in [0.15, 0.2) is 48.5 Å². The van der Waals surface area contributed by atoms with Crippen LogP contribution in [-0.4, -0.2) is 12.5 Å². The van der Waals surface area contributed by atoms with Crippen LogP contribution in [0.2, 0.25) is 0 Å². The number of rotatable bonds is 4. The Morgan fingerprint density at radius 2 is 1.85 bits per heavy atom. The number of hydrogen-bond donors (Lipinski definition) is 1. The number of nitrogens with zero attached hydrogens (tertiary/aromatic N) is 1. The number of carbonyl (C=O) groups excluding carboxylic acids is 1. The molecule has 0 aromatic heterocycles. The molecule has 0 saturated carbocycles. The first-order valence-corrected chi connectivity index (χ1v) is 6.11. The fraction of sp³-hybridized carbons (Fsp3) is 0.133. The highest BCUT2D eigenvalue weighted by Gasteiger charge is 2.16. The molecule has 3 nitrogen and oxygen atoms in total. The zero-order chi connectivity index (χ0) is 14.5. The van der Waals surface area contributed by atoms with Crippen molar-refractivity contribution < 1.29 is 13.6 Å². The number of hydrogen-bond acceptors (Lipinski definition) is 2. The first kappa shape index (κ1) is 14.1. The van der Waals surface area contributed by atoms with Crippen LogP contribution in [0.3, 0.4) is 0 Å². The molecule has 104 valence electrons. The van der Waals surface area contributed by atoms with Gasteiger partial charge >= 0.3 is 0 Å². The number of benzene rings is 2. The van der Waals surface area contributed by atoms with Crippen LogP contribution in [0.5, 0.6) is 0 Å². The number of amides is 1. The van der Waals surface area contributed by atoms with Gasteiger partial charge in [-0.15, -0.1) is 0 Å². The molecule has 2 aromatic carbocycles. The normalized spacial score (nSPS) is 10.3. The standard InChI is InChI=1S/C15H14F2N2O/c16-12-5-3-6-13(8-12)19(15(20)9-18)10-11-4-1-2-7-14(11)17/h1-8H,9-10,18H2. The quantitative estimate of drug-likeness (QED) is 0.932. The highest BCUT2D eigenvalue weighted by Crippen LogP contribution is 2.19. The van der Waals surface area contributed by atoms with E-state index in [0.717, 1.165) is 0 Å². The predicted molar refractivity (Wildman–Crippen MR) is 73.0 cm³/mol. The molecule has 2 N–H and O–H groups in total. The zero-order valence-electron chi connectivity index (χ0n) is 10.7. The van der Waals surface area contributed by atoms with E-state index < -0.39 is 17.5 Å². The second-order valence-electron chi connectivity index (χ2n) is 4.26. The van der Waals surface area contributed by atoms with Crippen molar-refractivity contribution in [2.45, 2.75) is 6.54 Å². The lowest BCUT2D eigenvalue weighted by Gasteiger charge is -2.22. The number of nitrogens with two attached hydrogens (primary N) is 1. The van der Waals surface area contributed by atoms with Crippen molar-refractivity contribution in [2.24, 2.45) is 5.73 Å². The lowest BCUT2D eigenvalue weighted by molar-refractivity contribution is -0.117. The van der Waals surface area contributed by atoms with Gasteiger partial charge in [0.05, 0.1) is 13.1 Å². The highest BCUT2D eigenvalue weighted by molar-refractivity contribution is 5.94. The van der Waals surface area contributed by atoms with E-state index in [0.29, 0.717) is 11.3 Å². The molecule has 0 radical (unpaired) electrons. The third kappa shape index (κ3) is 3.19. The molecule has 2 rings (SSSR count). The Bertz CT molecular complexity index is 616. The molecule has 0 aliphatic carbocycles. The van der Waals surface area contributed by atoms with E-state index in [1.807, 2.05) is 0 Å². The fourth-order valence-electron chi connectivity index (χ4n) is 1.87. The van der Waals surface area contributed by atoms with Crippen LogP contribution < -0.4 is 10.6 Å². The molecule has 0 fully saturated rings. The van der Waals surface area contributed by atoms with Crippen molar-refractivity contribution in [2.75, 3.05) is 11.4 Å². The predicted octanol–water partition coefficient (Wildman–Crippen LogP) is 2.46. The van der Waals surface area contributed by atoms with Gasteiger partial charge in [-0.2, -0.15) is 0 Å². The average Bonchev–Trinajstić information content (AvgIpc) is 2.45. The van der Waals surface area contributed by atoms with Crippen molar-refractivity contribution >= 4 is 11.6 Å². The van der Waals surface area contributed by atoms with Crippen LogP contribution >= 0.6 is 0 Å². The van der Waals surface area contributed by atoms with Crippen LogP contribution in [0, 0.1) is 11.6 Å². The van der Waals surface area contributed by atoms with E-state index in [2.05, 4.69) is 0 Å². The molecular formula is C15H14F2N2O. The summed E-state index contributed by atoms with van der Waals surface area (Å²) < 4.78 is 26.9. The summed E-state index contributed by atoms with van der Waals surface area (Å²) in [6.07, 6.45) is 0. The fourth-order valence-corrected chi connectivity index (χ4v) is 1.87. The largest absolute Gasteiger partial charge is 0.322 e. The van der Waals surface area contributed by atoms with Crippen LogP contribution in [0.4, 0.5) is 14.5 Å². The van der Waals surface area contributed by atoms with Gasteiger partial charge in [0.25, 0.3) is 0 Å². The summed E-state index contributed by atoms with van der Waals surface area (Å²) in [5.41, 5.74) is 6.06. The Morgan fingerprint density at radius 3 is 2.50 bits per heavy atom. The molecule has 0 heterocycles. The van der Waals surface area contributed by atoms with E-state index in [4.69, 9.17) is 5.73 Å². The minimum absolute atomic E-state index is 0.00611. The summed E-state index contributed by atoms with van der Waals surface area (Å²) in [7, 11) is 0. The Morgan fingerprint density at radius 1 is 1.10 bits per heavy atom. The van der Waals surface area contributed by atoms with E-state index in [9.17, 15) is 13.6 Å². The summed E-state index contributed by atoms with van der Waals surface area (Å²) in [6, 6.07) is 11.7. The lowest BCUT2D eigenvalue weighted by atomic mass is 10.1. The average molecular weight is 276 g/mol. The van der Waals surface area contributed by atoms with E-state index >= 15 is 0 Å². The SMILES string of the molecule is NCC(=O)N(Cc1ccccc1F)c1cccc(F)c1. The number of anilines is 1. The van der Waals surface area contributed by atoms with E-state index in [-0.39, 0.29) is 13.1 Å². The topological polar surface area (TPSA) is 46.3 Å². The van der Waals surface area contributed by atoms with Crippen LogP contribution in [0.1, 0.15) is 5.56 Å². The second kappa shape index (κ2) is 6.25. The molecule has 1 amide bonds. The molecule has 0 unspecified atom stereocenters. The van der Waals surface area contributed by atoms with Gasteiger partial charge < -0.3 is 10.6 Å². The smallest absolute Gasteiger partial charge is 0.241 e. The van der Waals surface area contributed by atoms with Gasteiger partial charge in [0.15, 0.2) is 0 Å². The molecule has 0 aliphatic rings. The van der Waals surface area contributed by atoms with Crippen molar-refractivity contribution in [3.05, 3.63) is 65.7 Å². The molecule has 0 aliphatic heterocycles. The van der Waals surface area contributed by atoms with Gasteiger partial charge in [0.2, 0.25) is 5.91 Å². The maximum atomic E-state index is 13.7. The Hall–Kier alpha value is -2.27. The second-order valence-corrected chi connectivity index (χ2v) is 4.26. The highest BCUT2D eigenvalue weighted by atomic mass is 19.1. The number of halogens is 2. The zero-order valence-corrected chi connectivity index (χ0v) is 10.7. The summed E-state index contributed by atoms with van der Waals surface area (Å²) in [5.74, 6) is -1.29. The molecule has 0 spiro atoms. The lowest BCUT2D eigenvalue weighted by Crippen LogP contribution is -2.35. The molecule has 5 heteroatoms. The third-order valence-corrected chi connectivity index (χ3v) is 2.88. The van der Waals surface area contributed by atoms with Crippen molar-refractivity contribution in [3.63, 3.8) is 0 Å². The summed E-state index contributed by atoms with van der Waals surface area (Å²) in [4.78, 5) is 13.2. The van der Waals surface area contributed by atoms with E-state index in [1.165, 1.54) is 29.2 Å². The van der Waals surface area contributed by atoms with Crippen molar-refractivity contribution in [3.8, 4) is 0 Å². The van der Waals surface area contributed by atoms with Crippen molar-refractivity contribution in [1.29, 1.82) is 0 Å². The third-order valence-electron chi connectivity index (χ3n) is 2.88. The van der Waals surface area contributed by atoms with Gasteiger partial charge in [-0.1, -0.05) is 24.3 Å². The molecule has 2 aromatic rings. The maximum Gasteiger partial charge on any atom is 0.241 e.